The fourth-order valence-corrected chi connectivity index (χ4v) is 3.49. The average Bonchev–Trinajstić information content (AvgIpc) is 2.68. The van der Waals surface area contributed by atoms with Gasteiger partial charge >= 0.3 is 0 Å². The van der Waals surface area contributed by atoms with Crippen molar-refractivity contribution in [2.45, 2.75) is 38.0 Å². The topological polar surface area (TPSA) is 55.5 Å². The van der Waals surface area contributed by atoms with Gasteiger partial charge in [-0.05, 0) is 41.7 Å². The first-order valence-electron chi connectivity index (χ1n) is 9.30. The van der Waals surface area contributed by atoms with Gasteiger partial charge in [-0.15, -0.1) is 0 Å². The first kappa shape index (κ1) is 19.2. The summed E-state index contributed by atoms with van der Waals surface area (Å²) in [4.78, 5) is 0. The van der Waals surface area contributed by atoms with Crippen LogP contribution in [0.3, 0.4) is 0 Å². The zero-order valence-corrected chi connectivity index (χ0v) is 15.7. The van der Waals surface area contributed by atoms with Crippen molar-refractivity contribution >= 4 is 0 Å². The van der Waals surface area contributed by atoms with Gasteiger partial charge in [0.15, 0.2) is 0 Å². The summed E-state index contributed by atoms with van der Waals surface area (Å²) in [6.45, 7) is 2.71. The van der Waals surface area contributed by atoms with Crippen LogP contribution in [0.15, 0.2) is 84.9 Å². The molecule has 140 valence electrons. The lowest BCUT2D eigenvalue weighted by molar-refractivity contribution is 0.140. The molecule has 3 nitrogen and oxygen atoms in total. The summed E-state index contributed by atoms with van der Waals surface area (Å²) >= 11 is 0. The zero-order valence-electron chi connectivity index (χ0n) is 15.7. The molecule has 3 aromatic rings. The summed E-state index contributed by atoms with van der Waals surface area (Å²) in [5.74, 6) is 0.850. The lowest BCUT2D eigenvalue weighted by Gasteiger charge is -2.31. The lowest BCUT2D eigenvalue weighted by atomic mass is 9.74. The van der Waals surface area contributed by atoms with E-state index in [9.17, 15) is 5.11 Å². The van der Waals surface area contributed by atoms with Crippen molar-refractivity contribution in [1.82, 2.24) is 0 Å². The molecule has 0 amide bonds. The molecule has 0 fully saturated rings. The SMILES string of the molecule is CC(Cc1ccc(OCc2ccccc2)cc1)(C[C@H](N)O)c1ccccc1. The number of aliphatic hydroxyl groups excluding tert-OH is 1. The fraction of sp³-hybridized carbons (Fsp3) is 0.250. The number of hydrogen-bond donors (Lipinski definition) is 2. The normalized spacial score (nSPS) is 14.3. The number of aliphatic hydroxyl groups is 1. The highest BCUT2D eigenvalue weighted by Crippen LogP contribution is 2.32. The Hall–Kier alpha value is -2.62. The molecule has 3 N–H and O–H groups in total. The Balaban J connectivity index is 1.69. The van der Waals surface area contributed by atoms with Crippen molar-refractivity contribution in [2.75, 3.05) is 0 Å². The van der Waals surface area contributed by atoms with Crippen LogP contribution in [0.5, 0.6) is 5.75 Å². The molecule has 3 aromatic carbocycles. The smallest absolute Gasteiger partial charge is 0.119 e. The molecule has 0 aliphatic carbocycles. The summed E-state index contributed by atoms with van der Waals surface area (Å²) < 4.78 is 5.87. The van der Waals surface area contributed by atoms with Crippen LogP contribution in [0, 0.1) is 0 Å². The van der Waals surface area contributed by atoms with Crippen molar-refractivity contribution in [3.05, 3.63) is 102 Å². The van der Waals surface area contributed by atoms with E-state index < -0.39 is 6.23 Å². The van der Waals surface area contributed by atoms with Crippen LogP contribution in [-0.2, 0) is 18.4 Å². The highest BCUT2D eigenvalue weighted by molar-refractivity contribution is 5.32. The average molecular weight is 361 g/mol. The van der Waals surface area contributed by atoms with Crippen molar-refractivity contribution < 1.29 is 9.84 Å². The van der Waals surface area contributed by atoms with E-state index in [1.807, 2.05) is 48.5 Å². The van der Waals surface area contributed by atoms with Crippen molar-refractivity contribution in [3.8, 4) is 5.75 Å². The molecule has 27 heavy (non-hydrogen) atoms. The number of benzene rings is 3. The first-order chi connectivity index (χ1) is 13.0. The van der Waals surface area contributed by atoms with Gasteiger partial charge in [-0.3, -0.25) is 0 Å². The predicted molar refractivity (Wildman–Crippen MR) is 110 cm³/mol. The molecule has 3 heteroatoms. The van der Waals surface area contributed by atoms with Gasteiger partial charge < -0.3 is 15.6 Å². The number of hydrogen-bond acceptors (Lipinski definition) is 3. The van der Waals surface area contributed by atoms with Gasteiger partial charge in [-0.2, -0.15) is 0 Å². The largest absolute Gasteiger partial charge is 0.489 e. The van der Waals surface area contributed by atoms with Gasteiger partial charge in [-0.25, -0.2) is 0 Å². The minimum absolute atomic E-state index is 0.234. The van der Waals surface area contributed by atoms with Crippen LogP contribution >= 0.6 is 0 Å². The highest BCUT2D eigenvalue weighted by atomic mass is 16.5. The van der Waals surface area contributed by atoms with Gasteiger partial charge in [0, 0.05) is 5.41 Å². The third-order valence-electron chi connectivity index (χ3n) is 4.90. The third kappa shape index (κ3) is 5.43. The van der Waals surface area contributed by atoms with Crippen molar-refractivity contribution in [1.29, 1.82) is 0 Å². The van der Waals surface area contributed by atoms with E-state index in [0.717, 1.165) is 17.7 Å². The summed E-state index contributed by atoms with van der Waals surface area (Å²) in [6.07, 6.45) is 0.455. The molecule has 0 aliphatic heterocycles. The molecule has 0 aliphatic rings. The molecule has 3 rings (SSSR count). The highest BCUT2D eigenvalue weighted by Gasteiger charge is 2.28. The summed E-state index contributed by atoms with van der Waals surface area (Å²) in [6, 6.07) is 28.6. The second kappa shape index (κ2) is 8.85. The molecule has 2 atom stereocenters. The molecule has 1 unspecified atom stereocenters. The van der Waals surface area contributed by atoms with Gasteiger partial charge in [0.05, 0.1) is 0 Å². The molecule has 0 aromatic heterocycles. The van der Waals surface area contributed by atoms with E-state index in [-0.39, 0.29) is 5.41 Å². The van der Waals surface area contributed by atoms with E-state index in [2.05, 4.69) is 43.3 Å². The Morgan fingerprint density at radius 3 is 2.04 bits per heavy atom. The van der Waals surface area contributed by atoms with Gasteiger partial charge in [0.1, 0.15) is 18.6 Å². The molecule has 0 bridgehead atoms. The zero-order chi connectivity index (χ0) is 19.1. The Kier molecular flexibility index (Phi) is 6.28. The Morgan fingerprint density at radius 2 is 1.44 bits per heavy atom. The first-order valence-corrected chi connectivity index (χ1v) is 9.30. The second-order valence-corrected chi connectivity index (χ2v) is 7.29. The molecule has 0 heterocycles. The Bertz CT molecular complexity index is 816. The van der Waals surface area contributed by atoms with E-state index >= 15 is 0 Å². The number of ether oxygens (including phenoxy) is 1. The van der Waals surface area contributed by atoms with Crippen LogP contribution in [-0.4, -0.2) is 11.3 Å². The molecule has 0 spiro atoms. The van der Waals surface area contributed by atoms with Gasteiger partial charge in [0.2, 0.25) is 0 Å². The van der Waals surface area contributed by atoms with Gasteiger partial charge in [-0.1, -0.05) is 79.7 Å². The van der Waals surface area contributed by atoms with E-state index in [1.165, 1.54) is 11.1 Å². The monoisotopic (exact) mass is 361 g/mol. The maximum atomic E-state index is 9.81. The van der Waals surface area contributed by atoms with Gasteiger partial charge in [0.25, 0.3) is 0 Å². The number of nitrogens with two attached hydrogens (primary N) is 1. The van der Waals surface area contributed by atoms with Crippen molar-refractivity contribution in [3.63, 3.8) is 0 Å². The molecule has 0 saturated carbocycles. The van der Waals surface area contributed by atoms with Crippen LogP contribution in [0.4, 0.5) is 0 Å². The summed E-state index contributed by atoms with van der Waals surface area (Å²) in [5, 5.41) is 9.81. The fourth-order valence-electron chi connectivity index (χ4n) is 3.49. The minimum atomic E-state index is -0.844. The summed E-state index contributed by atoms with van der Waals surface area (Å²) in [5.41, 5.74) is 9.01. The van der Waals surface area contributed by atoms with E-state index in [0.29, 0.717) is 13.0 Å². The Labute approximate surface area is 161 Å². The predicted octanol–water partition coefficient (Wildman–Crippen LogP) is 4.43. The molecular formula is C24H27NO2. The van der Waals surface area contributed by atoms with Crippen LogP contribution < -0.4 is 10.5 Å². The van der Waals surface area contributed by atoms with Crippen LogP contribution in [0.25, 0.3) is 0 Å². The molecule has 0 radical (unpaired) electrons. The van der Waals surface area contributed by atoms with E-state index in [4.69, 9.17) is 10.5 Å². The van der Waals surface area contributed by atoms with Crippen LogP contribution in [0.2, 0.25) is 0 Å². The number of rotatable bonds is 8. The second-order valence-electron chi connectivity index (χ2n) is 7.29. The molecular weight excluding hydrogens is 334 g/mol. The third-order valence-corrected chi connectivity index (χ3v) is 4.90. The van der Waals surface area contributed by atoms with E-state index in [1.54, 1.807) is 0 Å². The quantitative estimate of drug-likeness (QED) is 0.584. The summed E-state index contributed by atoms with van der Waals surface area (Å²) in [7, 11) is 0. The van der Waals surface area contributed by atoms with Crippen molar-refractivity contribution in [2.24, 2.45) is 5.73 Å². The minimum Gasteiger partial charge on any atom is -0.489 e. The standard InChI is InChI=1S/C24H27NO2/c1-24(17-23(25)26,21-10-6-3-7-11-21)16-19-12-14-22(15-13-19)27-18-20-8-4-2-5-9-20/h2-15,23,26H,16-18,25H2,1H3/t23-,24?/m1/s1. The maximum Gasteiger partial charge on any atom is 0.119 e. The van der Waals surface area contributed by atoms with Crippen LogP contribution in [0.1, 0.15) is 30.0 Å². The Morgan fingerprint density at radius 1 is 0.852 bits per heavy atom. The lowest BCUT2D eigenvalue weighted by Crippen LogP contribution is -2.34. The maximum absolute atomic E-state index is 9.81. The molecule has 0 saturated heterocycles.